The van der Waals surface area contributed by atoms with Gasteiger partial charge in [0.05, 0.1) is 5.92 Å². The Kier molecular flexibility index (Phi) is 8.13. The first kappa shape index (κ1) is 22.6. The number of carboxylic acids is 1. The van der Waals surface area contributed by atoms with Crippen molar-refractivity contribution in [1.82, 2.24) is 5.32 Å². The molecule has 30 heavy (non-hydrogen) atoms. The smallest absolute Gasteiger partial charge is 0.326 e. The zero-order valence-electron chi connectivity index (χ0n) is 16.1. The van der Waals surface area contributed by atoms with E-state index in [2.05, 4.69) is 33.9 Å². The average molecular weight is 504 g/mol. The number of amides is 1. The number of benzene rings is 2. The van der Waals surface area contributed by atoms with Crippen molar-refractivity contribution in [3.63, 3.8) is 0 Å². The number of carbonyl (C=O) groups excluding carboxylic acids is 1. The monoisotopic (exact) mass is 503 g/mol. The van der Waals surface area contributed by atoms with Crippen LogP contribution >= 0.6 is 39.9 Å². The largest absolute Gasteiger partial charge is 0.480 e. The number of carbonyl (C=O) groups is 2. The molecule has 1 heterocycles. The van der Waals surface area contributed by atoms with Crippen molar-refractivity contribution in [2.45, 2.75) is 18.9 Å². The van der Waals surface area contributed by atoms with Crippen molar-refractivity contribution in [1.29, 1.82) is 0 Å². The summed E-state index contributed by atoms with van der Waals surface area (Å²) >= 11 is 9.39. The van der Waals surface area contributed by atoms with Gasteiger partial charge >= 0.3 is 5.97 Å². The maximum atomic E-state index is 12.7. The number of halogens is 1. The SMILES string of the molecule is O=C(N[C@@H](Cc1ccc(-c2cccs2)cc1)C(=O)O)[C@@H](CS)Cc1cccc(Br)c1. The third-order valence-electron chi connectivity index (χ3n) is 4.78. The number of hydrogen-bond acceptors (Lipinski definition) is 4. The summed E-state index contributed by atoms with van der Waals surface area (Å²) in [6, 6.07) is 18.6. The number of thiophene rings is 1. The van der Waals surface area contributed by atoms with Crippen LogP contribution in [-0.2, 0) is 22.4 Å². The number of rotatable bonds is 9. The maximum absolute atomic E-state index is 12.7. The molecule has 2 aromatic carbocycles. The fourth-order valence-corrected chi connectivity index (χ4v) is 4.64. The second-order valence-corrected chi connectivity index (χ2v) is 9.22. The molecule has 0 aliphatic heterocycles. The van der Waals surface area contributed by atoms with Crippen LogP contribution in [0.25, 0.3) is 10.4 Å². The fraction of sp³-hybridized carbons (Fsp3) is 0.217. The first-order valence-corrected chi connectivity index (χ1v) is 11.8. The summed E-state index contributed by atoms with van der Waals surface area (Å²) < 4.78 is 0.938. The molecule has 0 spiro atoms. The van der Waals surface area contributed by atoms with Gasteiger partial charge in [0.25, 0.3) is 0 Å². The van der Waals surface area contributed by atoms with Gasteiger partial charge in [-0.1, -0.05) is 58.4 Å². The lowest BCUT2D eigenvalue weighted by molar-refractivity contribution is -0.142. The van der Waals surface area contributed by atoms with E-state index in [0.717, 1.165) is 26.0 Å². The lowest BCUT2D eigenvalue weighted by Crippen LogP contribution is -2.45. The zero-order chi connectivity index (χ0) is 21.5. The van der Waals surface area contributed by atoms with Crippen molar-refractivity contribution in [2.75, 3.05) is 5.75 Å². The van der Waals surface area contributed by atoms with E-state index in [9.17, 15) is 14.7 Å². The summed E-state index contributed by atoms with van der Waals surface area (Å²) in [5.41, 5.74) is 2.95. The number of thiol groups is 1. The Morgan fingerprint density at radius 2 is 1.80 bits per heavy atom. The molecule has 0 unspecified atom stereocenters. The normalized spacial score (nSPS) is 12.9. The highest BCUT2D eigenvalue weighted by Crippen LogP contribution is 2.25. The predicted molar refractivity (Wildman–Crippen MR) is 128 cm³/mol. The summed E-state index contributed by atoms with van der Waals surface area (Å²) in [6.07, 6.45) is 0.721. The quantitative estimate of drug-likeness (QED) is 0.356. The second kappa shape index (κ2) is 10.8. The van der Waals surface area contributed by atoms with Gasteiger partial charge in [-0.2, -0.15) is 12.6 Å². The average Bonchev–Trinajstić information content (AvgIpc) is 3.27. The van der Waals surface area contributed by atoms with E-state index in [-0.39, 0.29) is 12.3 Å². The lowest BCUT2D eigenvalue weighted by atomic mass is 9.98. The van der Waals surface area contributed by atoms with Crippen LogP contribution in [0.1, 0.15) is 11.1 Å². The Bertz CT molecular complexity index is 990. The van der Waals surface area contributed by atoms with Crippen LogP contribution in [0.2, 0.25) is 0 Å². The highest BCUT2D eigenvalue weighted by atomic mass is 79.9. The molecule has 0 radical (unpaired) electrons. The van der Waals surface area contributed by atoms with Gasteiger partial charge in [-0.3, -0.25) is 4.79 Å². The van der Waals surface area contributed by atoms with E-state index in [4.69, 9.17) is 0 Å². The molecule has 3 rings (SSSR count). The van der Waals surface area contributed by atoms with E-state index in [0.29, 0.717) is 12.2 Å². The summed E-state index contributed by atoms with van der Waals surface area (Å²) in [4.78, 5) is 25.7. The Balaban J connectivity index is 1.65. The van der Waals surface area contributed by atoms with Gasteiger partial charge in [0.15, 0.2) is 0 Å². The van der Waals surface area contributed by atoms with Crippen molar-refractivity contribution >= 4 is 51.8 Å². The molecule has 0 saturated heterocycles. The van der Waals surface area contributed by atoms with Crippen molar-refractivity contribution in [3.05, 3.63) is 81.6 Å². The Morgan fingerprint density at radius 3 is 2.40 bits per heavy atom. The van der Waals surface area contributed by atoms with Gasteiger partial charge < -0.3 is 10.4 Å². The minimum absolute atomic E-state index is 0.224. The fourth-order valence-electron chi connectivity index (χ4n) is 3.16. The minimum atomic E-state index is -1.05. The first-order chi connectivity index (χ1) is 14.5. The molecule has 7 heteroatoms. The minimum Gasteiger partial charge on any atom is -0.480 e. The van der Waals surface area contributed by atoms with Crippen molar-refractivity contribution in [2.24, 2.45) is 5.92 Å². The van der Waals surface area contributed by atoms with Crippen molar-refractivity contribution < 1.29 is 14.7 Å². The number of aliphatic carboxylic acids is 1. The zero-order valence-corrected chi connectivity index (χ0v) is 19.4. The van der Waals surface area contributed by atoms with Gasteiger partial charge in [-0.15, -0.1) is 11.3 Å². The molecule has 0 aliphatic carbocycles. The summed E-state index contributed by atoms with van der Waals surface area (Å²) in [7, 11) is 0. The standard InChI is InChI=1S/C23H22BrNO3S2/c24-19-4-1-3-16(12-19)11-18(14-29)22(26)25-20(23(27)28)13-15-6-8-17(9-7-15)21-5-2-10-30-21/h1-10,12,18,20,29H,11,13-14H2,(H,25,26)(H,27,28)/t18-,20+/m1/s1. The molecule has 156 valence electrons. The molecule has 2 N–H and O–H groups in total. The van der Waals surface area contributed by atoms with Gasteiger partial charge in [0, 0.05) is 21.5 Å². The molecule has 0 aliphatic rings. The third-order valence-corrected chi connectivity index (χ3v) is 6.63. The highest BCUT2D eigenvalue weighted by Gasteiger charge is 2.25. The molecule has 1 amide bonds. The Morgan fingerprint density at radius 1 is 1.03 bits per heavy atom. The molecule has 2 atom stereocenters. The molecule has 0 saturated carbocycles. The van der Waals surface area contributed by atoms with Gasteiger partial charge in [0.1, 0.15) is 6.04 Å². The molecular weight excluding hydrogens is 482 g/mol. The van der Waals surface area contributed by atoms with Crippen LogP contribution in [0, 0.1) is 5.92 Å². The second-order valence-electron chi connectivity index (χ2n) is 6.99. The molecule has 3 aromatic rings. The Labute approximate surface area is 193 Å². The molecule has 0 bridgehead atoms. The Hall–Kier alpha value is -2.09. The van der Waals surface area contributed by atoms with E-state index in [1.54, 1.807) is 11.3 Å². The van der Waals surface area contributed by atoms with E-state index < -0.39 is 17.9 Å². The van der Waals surface area contributed by atoms with Crippen molar-refractivity contribution in [3.8, 4) is 10.4 Å². The predicted octanol–water partition coefficient (Wildman–Crippen LogP) is 5.08. The third kappa shape index (κ3) is 6.20. The van der Waals surface area contributed by atoms with Crippen LogP contribution in [0.5, 0.6) is 0 Å². The molecule has 0 fully saturated rings. The highest BCUT2D eigenvalue weighted by molar-refractivity contribution is 9.10. The molecule has 4 nitrogen and oxygen atoms in total. The number of hydrogen-bond donors (Lipinski definition) is 3. The molecule has 1 aromatic heterocycles. The summed E-state index contributed by atoms with van der Waals surface area (Å²) in [6.45, 7) is 0. The number of carboxylic acid groups (broad SMARTS) is 1. The maximum Gasteiger partial charge on any atom is 0.326 e. The summed E-state index contributed by atoms with van der Waals surface area (Å²) in [5.74, 6) is -1.43. The van der Waals surface area contributed by atoms with E-state index in [1.165, 1.54) is 0 Å². The molecular formula is C23H22BrNO3S2. The number of nitrogens with one attached hydrogen (secondary N) is 1. The van der Waals surface area contributed by atoms with Crippen LogP contribution in [0.4, 0.5) is 0 Å². The van der Waals surface area contributed by atoms with Crippen LogP contribution < -0.4 is 5.32 Å². The van der Waals surface area contributed by atoms with Gasteiger partial charge in [-0.05, 0) is 46.7 Å². The first-order valence-electron chi connectivity index (χ1n) is 9.47. The van der Waals surface area contributed by atoms with Gasteiger partial charge in [0.2, 0.25) is 5.91 Å². The topological polar surface area (TPSA) is 66.4 Å². The van der Waals surface area contributed by atoms with Gasteiger partial charge in [-0.25, -0.2) is 4.79 Å². The lowest BCUT2D eigenvalue weighted by Gasteiger charge is -2.20. The van der Waals surface area contributed by atoms with Crippen LogP contribution in [-0.4, -0.2) is 28.8 Å². The van der Waals surface area contributed by atoms with Crippen LogP contribution in [0.15, 0.2) is 70.5 Å². The van der Waals surface area contributed by atoms with E-state index in [1.807, 2.05) is 66.0 Å². The summed E-state index contributed by atoms with van der Waals surface area (Å²) in [5, 5.41) is 14.3. The van der Waals surface area contributed by atoms with E-state index >= 15 is 0 Å². The van der Waals surface area contributed by atoms with Crippen LogP contribution in [0.3, 0.4) is 0 Å².